The maximum absolute atomic E-state index is 12.4. The van der Waals surface area contributed by atoms with Gasteiger partial charge in [0.25, 0.3) is 0 Å². The first-order chi connectivity index (χ1) is 6.32. The van der Waals surface area contributed by atoms with Gasteiger partial charge < -0.3 is 10.6 Å². The molecule has 1 aliphatic heterocycles. The van der Waals surface area contributed by atoms with Crippen LogP contribution in [0.1, 0.15) is 19.8 Å². The predicted octanol–water partition coefficient (Wildman–Crippen LogP) is 0.887. The lowest BCUT2D eigenvalue weighted by atomic mass is 9.98. The van der Waals surface area contributed by atoms with Gasteiger partial charge in [-0.05, 0) is 12.8 Å². The Morgan fingerprint density at radius 2 is 2.00 bits per heavy atom. The number of carbonyl (C=O) groups excluding carboxylic acids is 1. The van der Waals surface area contributed by atoms with Crippen molar-refractivity contribution in [2.45, 2.75) is 38.0 Å². The molecule has 0 aliphatic carbocycles. The number of likely N-dealkylation sites (tertiary alicyclic amines) is 1. The number of amides is 1. The summed E-state index contributed by atoms with van der Waals surface area (Å²) >= 11 is 0. The third kappa shape index (κ3) is 2.37. The zero-order valence-electron chi connectivity index (χ0n) is 7.84. The van der Waals surface area contributed by atoms with Crippen LogP contribution in [0.25, 0.3) is 0 Å². The summed E-state index contributed by atoms with van der Waals surface area (Å²) in [6.45, 7) is 1.14. The zero-order chi connectivity index (χ0) is 10.9. The van der Waals surface area contributed by atoms with E-state index in [0.29, 0.717) is 6.42 Å². The first-order valence-electron chi connectivity index (χ1n) is 4.42. The highest BCUT2D eigenvalue weighted by Crippen LogP contribution is 2.31. The molecular formula is C8H13F3N2O. The molecule has 0 bridgehead atoms. The quantitative estimate of drug-likeness (QED) is 0.645. The molecule has 0 aromatic heterocycles. The number of piperidine rings is 1. The maximum Gasteiger partial charge on any atom is 0.408 e. The molecule has 1 saturated heterocycles. The Bertz CT molecular complexity index is 229. The van der Waals surface area contributed by atoms with E-state index in [0.717, 1.165) is 11.8 Å². The molecule has 1 aliphatic rings. The molecule has 2 N–H and O–H groups in total. The molecule has 0 radical (unpaired) electrons. The van der Waals surface area contributed by atoms with Crippen LogP contribution < -0.4 is 5.73 Å². The molecule has 0 unspecified atom stereocenters. The fourth-order valence-electron chi connectivity index (χ4n) is 1.69. The van der Waals surface area contributed by atoms with Crippen LogP contribution in [0, 0.1) is 0 Å². The van der Waals surface area contributed by atoms with Gasteiger partial charge in [0, 0.05) is 19.5 Å². The normalized spacial score (nSPS) is 29.1. The molecule has 2 atom stereocenters. The van der Waals surface area contributed by atoms with Gasteiger partial charge >= 0.3 is 6.18 Å². The molecule has 82 valence electrons. The highest BCUT2D eigenvalue weighted by molar-refractivity contribution is 5.73. The summed E-state index contributed by atoms with van der Waals surface area (Å²) in [5.74, 6) is -0.567. The average molecular weight is 210 g/mol. The Kier molecular flexibility index (Phi) is 3.04. The molecule has 3 nitrogen and oxygen atoms in total. The van der Waals surface area contributed by atoms with E-state index in [-0.39, 0.29) is 19.0 Å². The van der Waals surface area contributed by atoms with Crippen molar-refractivity contribution in [3.63, 3.8) is 0 Å². The standard InChI is InChI=1S/C8H13F3N2O/c1-5(14)13-4-6(12)2-3-7(13)8(9,10)11/h6-7H,2-4,12H2,1H3/t6-,7-/m0/s1. The Labute approximate surface area is 80.0 Å². The minimum absolute atomic E-state index is 0.000486. The zero-order valence-corrected chi connectivity index (χ0v) is 7.84. The Morgan fingerprint density at radius 1 is 1.43 bits per heavy atom. The van der Waals surface area contributed by atoms with E-state index in [4.69, 9.17) is 5.73 Å². The smallest absolute Gasteiger partial charge is 0.329 e. The summed E-state index contributed by atoms with van der Waals surface area (Å²) in [5, 5.41) is 0. The number of hydrogen-bond donors (Lipinski definition) is 1. The van der Waals surface area contributed by atoms with Crippen molar-refractivity contribution in [1.82, 2.24) is 4.90 Å². The van der Waals surface area contributed by atoms with Crippen molar-refractivity contribution >= 4 is 5.91 Å². The van der Waals surface area contributed by atoms with Gasteiger partial charge in [-0.1, -0.05) is 0 Å². The maximum atomic E-state index is 12.4. The molecule has 6 heteroatoms. The third-order valence-electron chi connectivity index (χ3n) is 2.40. The Hall–Kier alpha value is -0.780. The average Bonchev–Trinajstić information content (AvgIpc) is 2.01. The second-order valence-corrected chi connectivity index (χ2v) is 3.57. The molecular weight excluding hydrogens is 197 g/mol. The molecule has 0 aromatic carbocycles. The van der Waals surface area contributed by atoms with Gasteiger partial charge in [-0.15, -0.1) is 0 Å². The van der Waals surface area contributed by atoms with Gasteiger partial charge in [0.05, 0.1) is 0 Å². The molecule has 1 rings (SSSR count). The van der Waals surface area contributed by atoms with Crippen molar-refractivity contribution < 1.29 is 18.0 Å². The van der Waals surface area contributed by atoms with Crippen LogP contribution in [0.3, 0.4) is 0 Å². The number of alkyl halides is 3. The highest BCUT2D eigenvalue weighted by atomic mass is 19.4. The summed E-state index contributed by atoms with van der Waals surface area (Å²) < 4.78 is 37.3. The van der Waals surface area contributed by atoms with Gasteiger partial charge in [-0.3, -0.25) is 4.79 Å². The summed E-state index contributed by atoms with van der Waals surface area (Å²) in [6.07, 6.45) is -4.12. The van der Waals surface area contributed by atoms with Crippen LogP contribution in [0.4, 0.5) is 13.2 Å². The van der Waals surface area contributed by atoms with Gasteiger partial charge in [-0.2, -0.15) is 13.2 Å². The van der Waals surface area contributed by atoms with Crippen LogP contribution in [0.15, 0.2) is 0 Å². The fourth-order valence-corrected chi connectivity index (χ4v) is 1.69. The minimum Gasteiger partial charge on any atom is -0.329 e. The van der Waals surface area contributed by atoms with E-state index < -0.39 is 18.1 Å². The van der Waals surface area contributed by atoms with E-state index >= 15 is 0 Å². The van der Waals surface area contributed by atoms with Gasteiger partial charge in [-0.25, -0.2) is 0 Å². The molecule has 1 heterocycles. The van der Waals surface area contributed by atoms with E-state index in [1.54, 1.807) is 0 Å². The predicted molar refractivity (Wildman–Crippen MR) is 44.4 cm³/mol. The van der Waals surface area contributed by atoms with Gasteiger partial charge in [0.15, 0.2) is 0 Å². The lowest BCUT2D eigenvalue weighted by Gasteiger charge is -2.38. The first-order valence-corrected chi connectivity index (χ1v) is 4.42. The Morgan fingerprint density at radius 3 is 2.43 bits per heavy atom. The first kappa shape index (κ1) is 11.3. The van der Waals surface area contributed by atoms with Crippen LogP contribution in [-0.2, 0) is 4.79 Å². The summed E-state index contributed by atoms with van der Waals surface area (Å²) in [6, 6.07) is -1.99. The number of nitrogens with zero attached hydrogens (tertiary/aromatic N) is 1. The highest BCUT2D eigenvalue weighted by Gasteiger charge is 2.46. The number of halogens is 3. The van der Waals surface area contributed by atoms with Crippen molar-refractivity contribution in [2.24, 2.45) is 5.73 Å². The number of carbonyl (C=O) groups is 1. The SMILES string of the molecule is CC(=O)N1C[C@@H](N)CC[C@H]1C(F)(F)F. The lowest BCUT2D eigenvalue weighted by molar-refractivity contribution is -0.196. The van der Waals surface area contributed by atoms with Crippen LogP contribution in [0.5, 0.6) is 0 Å². The van der Waals surface area contributed by atoms with Crippen LogP contribution >= 0.6 is 0 Å². The van der Waals surface area contributed by atoms with Crippen molar-refractivity contribution in [1.29, 1.82) is 0 Å². The van der Waals surface area contributed by atoms with E-state index in [9.17, 15) is 18.0 Å². The fraction of sp³-hybridized carbons (Fsp3) is 0.875. The van der Waals surface area contributed by atoms with E-state index in [1.807, 2.05) is 0 Å². The lowest BCUT2D eigenvalue weighted by Crippen LogP contribution is -2.56. The summed E-state index contributed by atoms with van der Waals surface area (Å²) in [7, 11) is 0. The van der Waals surface area contributed by atoms with Crippen molar-refractivity contribution in [3.8, 4) is 0 Å². The van der Waals surface area contributed by atoms with Crippen molar-refractivity contribution in [2.75, 3.05) is 6.54 Å². The number of nitrogens with two attached hydrogens (primary N) is 1. The molecule has 0 spiro atoms. The largest absolute Gasteiger partial charge is 0.408 e. The van der Waals surface area contributed by atoms with Crippen LogP contribution in [-0.4, -0.2) is 35.6 Å². The molecule has 14 heavy (non-hydrogen) atoms. The topological polar surface area (TPSA) is 46.3 Å². The second kappa shape index (κ2) is 3.76. The third-order valence-corrected chi connectivity index (χ3v) is 2.40. The number of hydrogen-bond acceptors (Lipinski definition) is 2. The second-order valence-electron chi connectivity index (χ2n) is 3.57. The molecule has 1 fully saturated rings. The van der Waals surface area contributed by atoms with Crippen molar-refractivity contribution in [3.05, 3.63) is 0 Å². The Balaban J connectivity index is 2.78. The van der Waals surface area contributed by atoms with E-state index in [1.165, 1.54) is 0 Å². The van der Waals surface area contributed by atoms with Crippen LogP contribution in [0.2, 0.25) is 0 Å². The summed E-state index contributed by atoms with van der Waals surface area (Å²) in [4.78, 5) is 11.8. The molecule has 1 amide bonds. The van der Waals surface area contributed by atoms with Gasteiger partial charge in [0.1, 0.15) is 6.04 Å². The molecule has 0 saturated carbocycles. The molecule has 0 aromatic rings. The van der Waals surface area contributed by atoms with E-state index in [2.05, 4.69) is 0 Å². The minimum atomic E-state index is -4.34. The number of rotatable bonds is 0. The van der Waals surface area contributed by atoms with Gasteiger partial charge in [0.2, 0.25) is 5.91 Å². The monoisotopic (exact) mass is 210 g/mol. The summed E-state index contributed by atoms with van der Waals surface area (Å²) in [5.41, 5.74) is 5.51.